The number of nitrogens with zero attached hydrogens (tertiary/aromatic N) is 1. The summed E-state index contributed by atoms with van der Waals surface area (Å²) in [4.78, 5) is 28.7. The molecule has 2 N–H and O–H groups in total. The molecule has 8 heteroatoms. The second-order valence-electron chi connectivity index (χ2n) is 6.18. The Hall–Kier alpha value is -3.65. The molecule has 1 aromatic heterocycles. The van der Waals surface area contributed by atoms with Crippen LogP contribution in [-0.2, 0) is 9.53 Å². The van der Waals surface area contributed by atoms with E-state index in [0.29, 0.717) is 23.1 Å². The molecule has 2 aromatic carbocycles. The molecule has 0 bridgehead atoms. The minimum absolute atomic E-state index is 0.147. The molecule has 1 heterocycles. The molecule has 1 atom stereocenters. The minimum atomic E-state index is -0.982. The molecule has 0 aliphatic heterocycles. The van der Waals surface area contributed by atoms with Crippen molar-refractivity contribution in [1.82, 2.24) is 4.98 Å². The second-order valence-corrected chi connectivity index (χ2v) is 7.04. The van der Waals surface area contributed by atoms with Gasteiger partial charge in [-0.25, -0.2) is 9.78 Å². The molecule has 3 aromatic rings. The lowest BCUT2D eigenvalue weighted by Gasteiger charge is -2.13. The number of thiazole rings is 1. The van der Waals surface area contributed by atoms with Gasteiger partial charge >= 0.3 is 5.97 Å². The van der Waals surface area contributed by atoms with Crippen LogP contribution >= 0.6 is 11.3 Å². The maximum Gasteiger partial charge on any atom is 0.358 e. The van der Waals surface area contributed by atoms with Crippen molar-refractivity contribution in [2.24, 2.45) is 0 Å². The highest BCUT2D eigenvalue weighted by molar-refractivity contribution is 7.13. The van der Waals surface area contributed by atoms with Crippen molar-refractivity contribution in [3.05, 3.63) is 78.3 Å². The summed E-state index contributed by atoms with van der Waals surface area (Å²) in [5, 5.41) is 7.85. The van der Waals surface area contributed by atoms with Crippen LogP contribution in [0.4, 0.5) is 10.8 Å². The van der Waals surface area contributed by atoms with Gasteiger partial charge in [0.25, 0.3) is 5.91 Å². The number of rotatable bonds is 9. The number of nitrogens with one attached hydrogen (secondary N) is 2. The summed E-state index contributed by atoms with van der Waals surface area (Å²) in [5.74, 6) is 0.260. The molecule has 0 saturated carbocycles. The van der Waals surface area contributed by atoms with Gasteiger partial charge in [0, 0.05) is 17.6 Å². The maximum absolute atomic E-state index is 12.3. The summed E-state index contributed by atoms with van der Waals surface area (Å²) in [6.45, 7) is 5.65. The Morgan fingerprint density at radius 3 is 2.53 bits per heavy atom. The number of aromatic nitrogens is 1. The number of hydrogen-bond donors (Lipinski definition) is 2. The second kappa shape index (κ2) is 10.2. The predicted octanol–water partition coefficient (Wildman–Crippen LogP) is 4.72. The topological polar surface area (TPSA) is 89.5 Å². The van der Waals surface area contributed by atoms with Crippen LogP contribution in [0.25, 0.3) is 0 Å². The van der Waals surface area contributed by atoms with E-state index in [1.54, 1.807) is 35.7 Å². The summed E-state index contributed by atoms with van der Waals surface area (Å²) in [7, 11) is 0. The van der Waals surface area contributed by atoms with Crippen LogP contribution < -0.4 is 15.4 Å². The van der Waals surface area contributed by atoms with E-state index in [1.807, 2.05) is 30.3 Å². The van der Waals surface area contributed by atoms with Crippen molar-refractivity contribution in [1.29, 1.82) is 0 Å². The van der Waals surface area contributed by atoms with E-state index >= 15 is 0 Å². The van der Waals surface area contributed by atoms with Crippen LogP contribution in [0.5, 0.6) is 11.5 Å². The number of ether oxygens (including phenoxy) is 2. The number of carbonyl (C=O) groups excluding carboxylic acids is 2. The van der Waals surface area contributed by atoms with Crippen LogP contribution in [0, 0.1) is 0 Å². The number of para-hydroxylation sites is 1. The van der Waals surface area contributed by atoms with E-state index in [0.717, 1.165) is 5.75 Å². The van der Waals surface area contributed by atoms with Gasteiger partial charge in [0.05, 0.1) is 0 Å². The minimum Gasteiger partial charge on any atom is -0.457 e. The average Bonchev–Trinajstić information content (AvgIpc) is 3.23. The first kappa shape index (κ1) is 21.1. The Kier molecular flexibility index (Phi) is 7.18. The molecule has 1 amide bonds. The van der Waals surface area contributed by atoms with E-state index in [-0.39, 0.29) is 5.69 Å². The van der Waals surface area contributed by atoms with Crippen LogP contribution in [0.2, 0.25) is 0 Å². The molecule has 0 aliphatic carbocycles. The number of amides is 1. The lowest BCUT2D eigenvalue weighted by atomic mass is 10.2. The van der Waals surface area contributed by atoms with Gasteiger partial charge in [-0.3, -0.25) is 4.79 Å². The van der Waals surface area contributed by atoms with Gasteiger partial charge in [0.1, 0.15) is 11.5 Å². The van der Waals surface area contributed by atoms with Crippen LogP contribution in [0.3, 0.4) is 0 Å². The SMILES string of the molecule is C=CCNc1nc(C(=O)OC(C)C(=O)Nc2ccc(Oc3ccccc3)cc2)cs1. The molecule has 30 heavy (non-hydrogen) atoms. The lowest BCUT2D eigenvalue weighted by molar-refractivity contribution is -0.123. The molecule has 0 spiro atoms. The zero-order chi connectivity index (χ0) is 21.3. The van der Waals surface area contributed by atoms with E-state index in [2.05, 4.69) is 22.2 Å². The number of anilines is 2. The van der Waals surface area contributed by atoms with Gasteiger partial charge in [-0.15, -0.1) is 17.9 Å². The molecular formula is C22H21N3O4S. The number of carbonyl (C=O) groups is 2. The molecule has 7 nitrogen and oxygen atoms in total. The fourth-order valence-corrected chi connectivity index (χ4v) is 3.05. The third kappa shape index (κ3) is 5.92. The monoisotopic (exact) mass is 423 g/mol. The summed E-state index contributed by atoms with van der Waals surface area (Å²) >= 11 is 1.27. The Labute approximate surface area is 178 Å². The van der Waals surface area contributed by atoms with Crippen LogP contribution in [-0.4, -0.2) is 29.5 Å². The van der Waals surface area contributed by atoms with Crippen molar-refractivity contribution >= 4 is 34.0 Å². The zero-order valence-corrected chi connectivity index (χ0v) is 17.1. The normalized spacial score (nSPS) is 11.2. The quantitative estimate of drug-likeness (QED) is 0.382. The zero-order valence-electron chi connectivity index (χ0n) is 16.3. The summed E-state index contributed by atoms with van der Waals surface area (Å²) in [6, 6.07) is 16.3. The molecule has 0 radical (unpaired) electrons. The van der Waals surface area contributed by atoms with Crippen LogP contribution in [0.1, 0.15) is 17.4 Å². The van der Waals surface area contributed by atoms with Crippen molar-refractivity contribution in [3.63, 3.8) is 0 Å². The fourth-order valence-electron chi connectivity index (χ4n) is 2.36. The summed E-state index contributed by atoms with van der Waals surface area (Å²) in [5.41, 5.74) is 0.710. The van der Waals surface area contributed by atoms with Crippen molar-refractivity contribution in [2.45, 2.75) is 13.0 Å². The molecule has 154 valence electrons. The third-order valence-electron chi connectivity index (χ3n) is 3.86. The fraction of sp³-hybridized carbons (Fsp3) is 0.136. The van der Waals surface area contributed by atoms with Gasteiger partial charge in [-0.1, -0.05) is 24.3 Å². The summed E-state index contributed by atoms with van der Waals surface area (Å²) < 4.78 is 10.9. The summed E-state index contributed by atoms with van der Waals surface area (Å²) in [6.07, 6.45) is 0.704. The Morgan fingerprint density at radius 1 is 1.13 bits per heavy atom. The van der Waals surface area contributed by atoms with Gasteiger partial charge in [0.2, 0.25) is 0 Å². The molecule has 0 fully saturated rings. The largest absolute Gasteiger partial charge is 0.457 e. The molecule has 0 aliphatic rings. The van der Waals surface area contributed by atoms with Gasteiger partial charge in [0.15, 0.2) is 16.9 Å². The smallest absolute Gasteiger partial charge is 0.358 e. The molecule has 0 saturated heterocycles. The maximum atomic E-state index is 12.3. The molecular weight excluding hydrogens is 402 g/mol. The Bertz CT molecular complexity index is 1000. The van der Waals surface area contributed by atoms with Crippen molar-refractivity contribution < 1.29 is 19.1 Å². The van der Waals surface area contributed by atoms with Crippen LogP contribution in [0.15, 0.2) is 72.6 Å². The van der Waals surface area contributed by atoms with E-state index < -0.39 is 18.0 Å². The van der Waals surface area contributed by atoms with Gasteiger partial charge < -0.3 is 20.1 Å². The first-order chi connectivity index (χ1) is 14.5. The highest BCUT2D eigenvalue weighted by Gasteiger charge is 2.21. The Balaban J connectivity index is 1.51. The van der Waals surface area contributed by atoms with Crippen molar-refractivity contribution in [2.75, 3.05) is 17.2 Å². The highest BCUT2D eigenvalue weighted by atomic mass is 32.1. The predicted molar refractivity (Wildman–Crippen MR) is 117 cm³/mol. The average molecular weight is 423 g/mol. The molecule has 3 rings (SSSR count). The number of esters is 1. The van der Waals surface area contributed by atoms with E-state index in [4.69, 9.17) is 9.47 Å². The number of hydrogen-bond acceptors (Lipinski definition) is 7. The van der Waals surface area contributed by atoms with Crippen molar-refractivity contribution in [3.8, 4) is 11.5 Å². The first-order valence-electron chi connectivity index (χ1n) is 9.20. The van der Waals surface area contributed by atoms with Gasteiger partial charge in [-0.05, 0) is 43.3 Å². The van der Waals surface area contributed by atoms with E-state index in [1.165, 1.54) is 18.3 Å². The third-order valence-corrected chi connectivity index (χ3v) is 4.66. The molecule has 1 unspecified atom stereocenters. The van der Waals surface area contributed by atoms with Gasteiger partial charge in [-0.2, -0.15) is 0 Å². The first-order valence-corrected chi connectivity index (χ1v) is 10.1. The highest BCUT2D eigenvalue weighted by Crippen LogP contribution is 2.23. The Morgan fingerprint density at radius 2 is 1.83 bits per heavy atom. The lowest BCUT2D eigenvalue weighted by Crippen LogP contribution is -2.30. The van der Waals surface area contributed by atoms with E-state index in [9.17, 15) is 9.59 Å². The standard InChI is InChI=1S/C22H21N3O4S/c1-3-13-23-22-25-19(14-30-22)21(27)28-15(2)20(26)24-16-9-11-18(12-10-16)29-17-7-5-4-6-8-17/h3-12,14-15H,1,13H2,2H3,(H,23,25)(H,24,26). The number of benzene rings is 2.